The first-order valence-corrected chi connectivity index (χ1v) is 11.3. The first-order chi connectivity index (χ1) is 16.8. The number of hydrogen-bond donors (Lipinski definition) is 3. The molecule has 1 aliphatic carbocycles. The van der Waals surface area contributed by atoms with E-state index >= 15 is 0 Å². The van der Waals surface area contributed by atoms with Crippen molar-refractivity contribution in [3.63, 3.8) is 0 Å². The van der Waals surface area contributed by atoms with Crippen LogP contribution in [0.3, 0.4) is 0 Å². The van der Waals surface area contributed by atoms with Gasteiger partial charge in [-0.05, 0) is 35.1 Å². The molecule has 10 heteroatoms. The van der Waals surface area contributed by atoms with Crippen LogP contribution in [-0.4, -0.2) is 62.9 Å². The number of benzene rings is 2. The maximum absolute atomic E-state index is 12.8. The SMILES string of the molecule is CC1CN(C(=O)c2nc(NC(=O)OCC3c4ccccc4-c4ccccc43)n[nH]2)CC1(C)C(=O)O. The molecule has 0 spiro atoms. The maximum Gasteiger partial charge on any atom is 0.414 e. The molecular formula is C25H25N5O5. The Balaban J connectivity index is 1.21. The molecule has 3 aromatic rings. The van der Waals surface area contributed by atoms with Crippen molar-refractivity contribution in [3.8, 4) is 11.1 Å². The molecule has 0 bridgehead atoms. The lowest BCUT2D eigenvalue weighted by Gasteiger charge is -2.22. The van der Waals surface area contributed by atoms with Crippen LogP contribution < -0.4 is 5.32 Å². The van der Waals surface area contributed by atoms with E-state index in [-0.39, 0.29) is 43.3 Å². The summed E-state index contributed by atoms with van der Waals surface area (Å²) in [5.41, 5.74) is 3.42. The molecule has 2 atom stereocenters. The first-order valence-electron chi connectivity index (χ1n) is 11.3. The summed E-state index contributed by atoms with van der Waals surface area (Å²) in [5.74, 6) is -1.91. The van der Waals surface area contributed by atoms with Gasteiger partial charge in [0.15, 0.2) is 0 Å². The summed E-state index contributed by atoms with van der Waals surface area (Å²) in [6.45, 7) is 3.91. The van der Waals surface area contributed by atoms with Gasteiger partial charge in [-0.1, -0.05) is 55.5 Å². The number of nitrogens with one attached hydrogen (secondary N) is 2. The summed E-state index contributed by atoms with van der Waals surface area (Å²) in [4.78, 5) is 42.3. The topological polar surface area (TPSA) is 138 Å². The third-order valence-corrected chi connectivity index (χ3v) is 7.12. The van der Waals surface area contributed by atoms with Gasteiger partial charge in [0.2, 0.25) is 5.82 Å². The monoisotopic (exact) mass is 475 g/mol. The molecule has 5 rings (SSSR count). The maximum atomic E-state index is 12.8. The summed E-state index contributed by atoms with van der Waals surface area (Å²) >= 11 is 0. The summed E-state index contributed by atoms with van der Waals surface area (Å²) in [5, 5.41) is 18.4. The Morgan fingerprint density at radius 3 is 2.37 bits per heavy atom. The fraction of sp³-hybridized carbons (Fsp3) is 0.320. The van der Waals surface area contributed by atoms with Crippen LogP contribution in [0.2, 0.25) is 0 Å². The lowest BCUT2D eigenvalue weighted by Crippen LogP contribution is -2.36. The molecule has 1 fully saturated rings. The van der Waals surface area contributed by atoms with Gasteiger partial charge >= 0.3 is 12.1 Å². The smallest absolute Gasteiger partial charge is 0.414 e. The molecule has 2 aromatic carbocycles. The van der Waals surface area contributed by atoms with Crippen molar-refractivity contribution < 1.29 is 24.2 Å². The molecule has 1 aromatic heterocycles. The molecule has 2 heterocycles. The number of aromatic amines is 1. The second kappa shape index (κ2) is 8.53. The molecule has 1 saturated heterocycles. The zero-order valence-electron chi connectivity index (χ0n) is 19.3. The number of H-pyrrole nitrogens is 1. The van der Waals surface area contributed by atoms with Crippen LogP contribution in [0.25, 0.3) is 11.1 Å². The normalized spacial score (nSPS) is 20.9. The molecule has 2 unspecified atom stereocenters. The van der Waals surface area contributed by atoms with Gasteiger partial charge < -0.3 is 14.7 Å². The molecule has 2 amide bonds. The van der Waals surface area contributed by atoms with Crippen molar-refractivity contribution in [2.24, 2.45) is 11.3 Å². The number of carbonyl (C=O) groups is 3. The van der Waals surface area contributed by atoms with Gasteiger partial charge in [0.1, 0.15) is 6.61 Å². The number of aliphatic carboxylic acids is 1. The minimum absolute atomic E-state index is 0.0676. The van der Waals surface area contributed by atoms with Gasteiger partial charge in [-0.25, -0.2) is 4.79 Å². The number of anilines is 1. The third-order valence-electron chi connectivity index (χ3n) is 7.12. The Morgan fingerprint density at radius 1 is 1.14 bits per heavy atom. The number of carbonyl (C=O) groups excluding carboxylic acids is 2. The van der Waals surface area contributed by atoms with Gasteiger partial charge in [0, 0.05) is 19.0 Å². The van der Waals surface area contributed by atoms with E-state index in [0.29, 0.717) is 0 Å². The number of rotatable bonds is 5. The van der Waals surface area contributed by atoms with Gasteiger partial charge in [-0.15, -0.1) is 5.10 Å². The summed E-state index contributed by atoms with van der Waals surface area (Å²) in [7, 11) is 0. The second-order valence-corrected chi connectivity index (χ2v) is 9.27. The van der Waals surface area contributed by atoms with Gasteiger partial charge in [-0.2, -0.15) is 4.98 Å². The minimum atomic E-state index is -1.03. The molecule has 10 nitrogen and oxygen atoms in total. The van der Waals surface area contributed by atoms with Crippen molar-refractivity contribution in [1.82, 2.24) is 20.1 Å². The lowest BCUT2D eigenvalue weighted by molar-refractivity contribution is -0.148. The standard InChI is InChI=1S/C25H25N5O5/c1-14-11-30(13-25(14,2)22(32)33)21(31)20-26-23(29-28-20)27-24(34)35-12-19-17-9-5-3-7-15(17)16-8-4-6-10-18(16)19/h3-10,14,19H,11-13H2,1-2H3,(H,32,33)(H2,26,27,28,29,34). The van der Waals surface area contributed by atoms with Crippen LogP contribution in [0, 0.1) is 11.3 Å². The van der Waals surface area contributed by atoms with Crippen molar-refractivity contribution in [1.29, 1.82) is 0 Å². The van der Waals surface area contributed by atoms with E-state index in [1.807, 2.05) is 36.4 Å². The quantitative estimate of drug-likeness (QED) is 0.514. The number of fused-ring (bicyclic) bond motifs is 3. The highest BCUT2D eigenvalue weighted by Gasteiger charge is 2.48. The highest BCUT2D eigenvalue weighted by molar-refractivity contribution is 5.92. The van der Waals surface area contributed by atoms with E-state index in [2.05, 4.69) is 32.6 Å². The second-order valence-electron chi connectivity index (χ2n) is 9.27. The Labute approximate surface area is 201 Å². The number of aromatic nitrogens is 3. The third kappa shape index (κ3) is 3.90. The number of ether oxygens (including phenoxy) is 1. The van der Waals surface area contributed by atoms with Crippen molar-refractivity contribution in [2.75, 3.05) is 25.0 Å². The van der Waals surface area contributed by atoms with Gasteiger partial charge in [-0.3, -0.25) is 20.0 Å². The summed E-state index contributed by atoms with van der Waals surface area (Å²) < 4.78 is 5.48. The minimum Gasteiger partial charge on any atom is -0.481 e. The largest absolute Gasteiger partial charge is 0.481 e. The number of carboxylic acids is 1. The van der Waals surface area contributed by atoms with E-state index in [1.165, 1.54) is 4.90 Å². The van der Waals surface area contributed by atoms with E-state index in [0.717, 1.165) is 22.3 Å². The van der Waals surface area contributed by atoms with Crippen LogP contribution in [-0.2, 0) is 9.53 Å². The van der Waals surface area contributed by atoms with Gasteiger partial charge in [0.25, 0.3) is 11.9 Å². The molecule has 0 saturated carbocycles. The zero-order chi connectivity index (χ0) is 24.7. The molecular weight excluding hydrogens is 450 g/mol. The van der Waals surface area contributed by atoms with E-state index in [9.17, 15) is 19.5 Å². The molecule has 1 aliphatic heterocycles. The Hall–Kier alpha value is -4.21. The summed E-state index contributed by atoms with van der Waals surface area (Å²) in [6.07, 6.45) is -0.738. The molecule has 35 heavy (non-hydrogen) atoms. The lowest BCUT2D eigenvalue weighted by atomic mass is 9.81. The summed E-state index contributed by atoms with van der Waals surface area (Å²) in [6, 6.07) is 16.1. The first kappa shape index (κ1) is 22.6. The zero-order valence-corrected chi connectivity index (χ0v) is 19.3. The number of carboxylic acid groups (broad SMARTS) is 1. The van der Waals surface area contributed by atoms with Gasteiger partial charge in [0.05, 0.1) is 5.41 Å². The fourth-order valence-corrected chi connectivity index (χ4v) is 4.87. The highest BCUT2D eigenvalue weighted by atomic mass is 16.5. The van der Waals surface area contributed by atoms with Crippen LogP contribution in [0.5, 0.6) is 0 Å². The van der Waals surface area contributed by atoms with Crippen LogP contribution >= 0.6 is 0 Å². The Kier molecular flexibility index (Phi) is 5.50. The van der Waals surface area contributed by atoms with Crippen LogP contribution in [0.4, 0.5) is 10.7 Å². The Bertz CT molecular complexity index is 1280. The average Bonchev–Trinajstić information content (AvgIpc) is 3.52. The fourth-order valence-electron chi connectivity index (χ4n) is 4.87. The number of hydrogen-bond acceptors (Lipinski definition) is 6. The van der Waals surface area contributed by atoms with Crippen LogP contribution in [0.15, 0.2) is 48.5 Å². The Morgan fingerprint density at radius 2 is 1.77 bits per heavy atom. The molecule has 2 aliphatic rings. The predicted octanol–water partition coefficient (Wildman–Crippen LogP) is 3.35. The van der Waals surface area contributed by atoms with E-state index in [4.69, 9.17) is 4.74 Å². The van der Waals surface area contributed by atoms with Crippen molar-refractivity contribution >= 4 is 23.9 Å². The van der Waals surface area contributed by atoms with E-state index < -0.39 is 23.4 Å². The molecule has 180 valence electrons. The number of nitrogens with zero attached hydrogens (tertiary/aromatic N) is 3. The highest BCUT2D eigenvalue weighted by Crippen LogP contribution is 2.44. The van der Waals surface area contributed by atoms with Crippen molar-refractivity contribution in [3.05, 3.63) is 65.5 Å². The molecule has 0 radical (unpaired) electrons. The number of likely N-dealkylation sites (tertiary alicyclic amines) is 1. The predicted molar refractivity (Wildman–Crippen MR) is 126 cm³/mol. The molecule has 3 N–H and O–H groups in total. The average molecular weight is 476 g/mol. The number of amides is 2. The van der Waals surface area contributed by atoms with E-state index in [1.54, 1.807) is 13.8 Å². The van der Waals surface area contributed by atoms with Crippen LogP contribution in [0.1, 0.15) is 41.5 Å². The van der Waals surface area contributed by atoms with Crippen molar-refractivity contribution in [2.45, 2.75) is 19.8 Å².